The first-order valence-electron chi connectivity index (χ1n) is 4.83. The van der Waals surface area contributed by atoms with Crippen molar-refractivity contribution in [3.05, 3.63) is 0 Å². The minimum absolute atomic E-state index is 0.118. The zero-order valence-electron chi connectivity index (χ0n) is 8.38. The van der Waals surface area contributed by atoms with Gasteiger partial charge in [0.1, 0.15) is 0 Å². The molecule has 0 bridgehead atoms. The third kappa shape index (κ3) is 2.79. The van der Waals surface area contributed by atoms with E-state index in [0.717, 1.165) is 31.7 Å². The van der Waals surface area contributed by atoms with Crippen LogP contribution in [0.25, 0.3) is 0 Å². The van der Waals surface area contributed by atoms with Gasteiger partial charge in [-0.15, -0.1) is 0 Å². The van der Waals surface area contributed by atoms with Crippen LogP contribution in [0.2, 0.25) is 0 Å². The van der Waals surface area contributed by atoms with Crippen LogP contribution >= 0.6 is 11.8 Å². The lowest BCUT2D eigenvalue weighted by Gasteiger charge is -2.34. The summed E-state index contributed by atoms with van der Waals surface area (Å²) < 4.78 is 0. The van der Waals surface area contributed by atoms with Gasteiger partial charge >= 0.3 is 6.03 Å². The minimum atomic E-state index is 0.118. The molecule has 0 spiro atoms. The van der Waals surface area contributed by atoms with E-state index >= 15 is 0 Å². The Hall–Kier alpha value is -0.380. The van der Waals surface area contributed by atoms with Crippen molar-refractivity contribution in [3.63, 3.8) is 0 Å². The Morgan fingerprint density at radius 1 is 1.69 bits per heavy atom. The molecule has 0 aliphatic carbocycles. The van der Waals surface area contributed by atoms with E-state index in [0.29, 0.717) is 6.04 Å². The molecular formula is C9H18N2OS. The van der Waals surface area contributed by atoms with Crippen molar-refractivity contribution in [2.24, 2.45) is 0 Å². The highest BCUT2D eigenvalue weighted by Gasteiger charge is 2.23. The predicted octanol–water partition coefficient (Wildman–Crippen LogP) is 1.54. The first kappa shape index (κ1) is 10.7. The molecule has 0 radical (unpaired) electrons. The summed E-state index contributed by atoms with van der Waals surface area (Å²) in [6, 6.07) is 0.530. The maximum Gasteiger partial charge on any atom is 0.317 e. The predicted molar refractivity (Wildman–Crippen MR) is 57.2 cm³/mol. The molecule has 2 amide bonds. The first-order chi connectivity index (χ1) is 6.29. The fraction of sp³-hybridized carbons (Fsp3) is 0.889. The second-order valence-electron chi connectivity index (χ2n) is 3.30. The summed E-state index contributed by atoms with van der Waals surface area (Å²) >= 11 is 1.81. The molecule has 1 N–H and O–H groups in total. The Bertz CT molecular complexity index is 175. The number of hydrogen-bond donors (Lipinski definition) is 1. The highest BCUT2D eigenvalue weighted by atomic mass is 32.2. The van der Waals surface area contributed by atoms with E-state index in [2.05, 4.69) is 18.5 Å². The zero-order chi connectivity index (χ0) is 9.68. The summed E-state index contributed by atoms with van der Waals surface area (Å²) in [5.74, 6) is 1.05. The van der Waals surface area contributed by atoms with Crippen LogP contribution < -0.4 is 5.32 Å². The molecule has 1 rings (SSSR count). The molecule has 1 aliphatic rings. The van der Waals surface area contributed by atoms with Crippen LogP contribution in [0.5, 0.6) is 0 Å². The monoisotopic (exact) mass is 202 g/mol. The second kappa shape index (κ2) is 5.37. The number of thioether (sulfide) groups is 1. The van der Waals surface area contributed by atoms with Crippen LogP contribution in [0.4, 0.5) is 4.79 Å². The van der Waals surface area contributed by atoms with Gasteiger partial charge in [0.2, 0.25) is 0 Å². The number of nitrogens with one attached hydrogen (secondary N) is 1. The molecule has 0 aromatic carbocycles. The number of nitrogens with zero attached hydrogens (tertiary/aromatic N) is 1. The Balaban J connectivity index is 2.49. The molecule has 1 unspecified atom stereocenters. The molecule has 0 aromatic rings. The largest absolute Gasteiger partial charge is 0.338 e. The van der Waals surface area contributed by atoms with E-state index in [1.165, 1.54) is 0 Å². The van der Waals surface area contributed by atoms with Gasteiger partial charge < -0.3 is 10.2 Å². The van der Waals surface area contributed by atoms with Crippen molar-refractivity contribution >= 4 is 17.8 Å². The van der Waals surface area contributed by atoms with Gasteiger partial charge in [0, 0.05) is 24.9 Å². The maximum atomic E-state index is 11.5. The van der Waals surface area contributed by atoms with Crippen molar-refractivity contribution in [1.29, 1.82) is 0 Å². The Kier molecular flexibility index (Phi) is 4.42. The summed E-state index contributed by atoms with van der Waals surface area (Å²) in [5, 5.41) is 2.88. The summed E-state index contributed by atoms with van der Waals surface area (Å²) in [5.41, 5.74) is 0. The molecule has 1 aliphatic heterocycles. The average molecular weight is 202 g/mol. The van der Waals surface area contributed by atoms with Crippen LogP contribution in [0.1, 0.15) is 19.8 Å². The van der Waals surface area contributed by atoms with Gasteiger partial charge in [0.05, 0.1) is 0 Å². The lowest BCUT2D eigenvalue weighted by molar-refractivity contribution is 0.165. The third-order valence-corrected chi connectivity index (χ3v) is 3.10. The van der Waals surface area contributed by atoms with Crippen LogP contribution in [0.3, 0.4) is 0 Å². The number of hydrogen-bond acceptors (Lipinski definition) is 2. The van der Waals surface area contributed by atoms with Crippen molar-refractivity contribution in [2.75, 3.05) is 25.1 Å². The van der Waals surface area contributed by atoms with E-state index in [-0.39, 0.29) is 6.03 Å². The van der Waals surface area contributed by atoms with E-state index in [4.69, 9.17) is 0 Å². The second-order valence-corrected chi connectivity index (χ2v) is 4.21. The van der Waals surface area contributed by atoms with Gasteiger partial charge in [0.15, 0.2) is 0 Å². The summed E-state index contributed by atoms with van der Waals surface area (Å²) in [6.45, 7) is 3.90. The highest BCUT2D eigenvalue weighted by molar-refractivity contribution is 7.98. The summed E-state index contributed by atoms with van der Waals surface area (Å²) in [4.78, 5) is 13.4. The molecule has 1 heterocycles. The molecular weight excluding hydrogens is 184 g/mol. The molecule has 0 saturated carbocycles. The van der Waals surface area contributed by atoms with Gasteiger partial charge in [-0.3, -0.25) is 0 Å². The average Bonchev–Trinajstić information content (AvgIpc) is 2.16. The smallest absolute Gasteiger partial charge is 0.317 e. The Morgan fingerprint density at radius 3 is 3.00 bits per heavy atom. The van der Waals surface area contributed by atoms with Crippen LogP contribution in [0.15, 0.2) is 0 Å². The normalized spacial score (nSPS) is 19.8. The van der Waals surface area contributed by atoms with E-state index in [1.54, 1.807) is 0 Å². The maximum absolute atomic E-state index is 11.5. The standard InChI is InChI=1S/C9H18N2OS/c1-3-8(7-13-2)11-6-4-5-10-9(11)12/h8H,3-7H2,1-2H3,(H,10,12). The summed E-state index contributed by atoms with van der Waals surface area (Å²) in [6.07, 6.45) is 4.22. The van der Waals surface area contributed by atoms with Gasteiger partial charge in [-0.05, 0) is 19.1 Å². The van der Waals surface area contributed by atoms with Crippen LogP contribution in [-0.2, 0) is 0 Å². The molecule has 3 nitrogen and oxygen atoms in total. The molecule has 1 atom stereocenters. The lowest BCUT2D eigenvalue weighted by atomic mass is 10.2. The number of carbonyl (C=O) groups excluding carboxylic acids is 1. The van der Waals surface area contributed by atoms with Crippen LogP contribution in [0, 0.1) is 0 Å². The van der Waals surface area contributed by atoms with Gasteiger partial charge in [-0.1, -0.05) is 6.92 Å². The van der Waals surface area contributed by atoms with E-state index < -0.39 is 0 Å². The van der Waals surface area contributed by atoms with Crippen molar-refractivity contribution in [1.82, 2.24) is 10.2 Å². The minimum Gasteiger partial charge on any atom is -0.338 e. The fourth-order valence-electron chi connectivity index (χ4n) is 1.62. The third-order valence-electron chi connectivity index (χ3n) is 2.38. The van der Waals surface area contributed by atoms with Crippen LogP contribution in [-0.4, -0.2) is 42.1 Å². The van der Waals surface area contributed by atoms with Crippen molar-refractivity contribution in [3.8, 4) is 0 Å². The van der Waals surface area contributed by atoms with E-state index in [9.17, 15) is 4.79 Å². The molecule has 13 heavy (non-hydrogen) atoms. The lowest BCUT2D eigenvalue weighted by Crippen LogP contribution is -2.51. The first-order valence-corrected chi connectivity index (χ1v) is 6.22. The van der Waals surface area contributed by atoms with Crippen molar-refractivity contribution < 1.29 is 4.79 Å². The molecule has 76 valence electrons. The van der Waals surface area contributed by atoms with Crippen molar-refractivity contribution in [2.45, 2.75) is 25.8 Å². The number of urea groups is 1. The number of carbonyl (C=O) groups is 1. The quantitative estimate of drug-likeness (QED) is 0.750. The van der Waals surface area contributed by atoms with Gasteiger partial charge in [-0.25, -0.2) is 4.79 Å². The Labute approximate surface area is 84.2 Å². The fourth-order valence-corrected chi connectivity index (χ4v) is 2.42. The van der Waals surface area contributed by atoms with E-state index in [1.807, 2.05) is 16.7 Å². The highest BCUT2D eigenvalue weighted by Crippen LogP contribution is 2.12. The zero-order valence-corrected chi connectivity index (χ0v) is 9.19. The summed E-state index contributed by atoms with van der Waals surface area (Å²) in [7, 11) is 0. The Morgan fingerprint density at radius 2 is 2.46 bits per heavy atom. The molecule has 4 heteroatoms. The molecule has 0 aromatic heterocycles. The number of rotatable bonds is 4. The van der Waals surface area contributed by atoms with Gasteiger partial charge in [-0.2, -0.15) is 11.8 Å². The topological polar surface area (TPSA) is 32.3 Å². The van der Waals surface area contributed by atoms with Gasteiger partial charge in [0.25, 0.3) is 0 Å². The number of amides is 2. The molecule has 1 saturated heterocycles. The molecule has 1 fully saturated rings. The SMILES string of the molecule is CCC(CSC)N1CCCNC1=O.